The zero-order valence-electron chi connectivity index (χ0n) is 9.24. The quantitative estimate of drug-likeness (QED) is 0.632. The lowest BCUT2D eigenvalue weighted by molar-refractivity contribution is -0.123. The monoisotopic (exact) mass is 216 g/mol. The number of ether oxygens (including phenoxy) is 1. The van der Waals surface area contributed by atoms with Crippen molar-refractivity contribution in [1.29, 1.82) is 0 Å². The molecule has 0 aromatic carbocycles. The molecule has 0 aromatic heterocycles. The Bertz CT molecular complexity index is 199. The van der Waals surface area contributed by atoms with Crippen molar-refractivity contribution in [1.82, 2.24) is 10.2 Å². The van der Waals surface area contributed by atoms with Crippen LogP contribution in [0, 0.1) is 0 Å². The van der Waals surface area contributed by atoms with Crippen LogP contribution in [0.4, 0.5) is 0 Å². The van der Waals surface area contributed by atoms with Gasteiger partial charge >= 0.3 is 0 Å². The molecule has 88 valence electrons. The maximum atomic E-state index is 11.4. The molecule has 5 heteroatoms. The summed E-state index contributed by atoms with van der Waals surface area (Å²) in [7, 11) is 1.71. The van der Waals surface area contributed by atoms with Crippen LogP contribution >= 0.6 is 0 Å². The summed E-state index contributed by atoms with van der Waals surface area (Å²) in [6, 6.07) is 0. The van der Waals surface area contributed by atoms with E-state index in [-0.39, 0.29) is 18.6 Å². The summed E-state index contributed by atoms with van der Waals surface area (Å²) in [5.74, 6) is -0.0270. The average Bonchev–Trinajstić information content (AvgIpc) is 2.26. The zero-order valence-corrected chi connectivity index (χ0v) is 9.24. The molecule has 1 heterocycles. The number of aliphatic hydroxyl groups is 1. The predicted molar refractivity (Wildman–Crippen MR) is 56.6 cm³/mol. The van der Waals surface area contributed by atoms with Gasteiger partial charge in [-0.05, 0) is 19.4 Å². The molecule has 1 saturated heterocycles. The van der Waals surface area contributed by atoms with E-state index >= 15 is 0 Å². The van der Waals surface area contributed by atoms with Gasteiger partial charge in [-0.15, -0.1) is 0 Å². The fourth-order valence-electron chi connectivity index (χ4n) is 1.80. The molecule has 15 heavy (non-hydrogen) atoms. The van der Waals surface area contributed by atoms with Crippen molar-refractivity contribution in [2.75, 3.05) is 39.9 Å². The first-order chi connectivity index (χ1) is 7.26. The summed E-state index contributed by atoms with van der Waals surface area (Å²) >= 11 is 0. The molecule has 1 amide bonds. The molecule has 0 aromatic rings. The van der Waals surface area contributed by atoms with Gasteiger partial charge in [-0.2, -0.15) is 0 Å². The standard InChI is InChI=1S/C10H20N2O3/c1-15-9-3-2-5-12(7-9)8-10(14)11-4-6-13/h9,13H,2-8H2,1H3,(H,11,14). The summed E-state index contributed by atoms with van der Waals surface area (Å²) in [5.41, 5.74) is 0. The Kier molecular flexibility index (Phi) is 5.60. The molecule has 1 aliphatic heterocycles. The number of carbonyl (C=O) groups is 1. The van der Waals surface area contributed by atoms with Crippen LogP contribution in [0.25, 0.3) is 0 Å². The highest BCUT2D eigenvalue weighted by Crippen LogP contribution is 2.11. The fraction of sp³-hybridized carbons (Fsp3) is 0.900. The third-order valence-electron chi connectivity index (χ3n) is 2.60. The third kappa shape index (κ3) is 4.59. The molecule has 1 rings (SSSR count). The summed E-state index contributed by atoms with van der Waals surface area (Å²) in [4.78, 5) is 13.4. The van der Waals surface area contributed by atoms with Crippen molar-refractivity contribution in [2.45, 2.75) is 18.9 Å². The van der Waals surface area contributed by atoms with Crippen LogP contribution in [-0.2, 0) is 9.53 Å². The van der Waals surface area contributed by atoms with Gasteiger partial charge in [0.25, 0.3) is 0 Å². The lowest BCUT2D eigenvalue weighted by Crippen LogP contribution is -2.45. The molecule has 0 spiro atoms. The van der Waals surface area contributed by atoms with Gasteiger partial charge in [0.2, 0.25) is 5.91 Å². The molecule has 0 saturated carbocycles. The van der Waals surface area contributed by atoms with Crippen LogP contribution in [-0.4, -0.2) is 61.9 Å². The fourth-order valence-corrected chi connectivity index (χ4v) is 1.80. The van der Waals surface area contributed by atoms with Crippen molar-refractivity contribution in [3.63, 3.8) is 0 Å². The normalized spacial score (nSPS) is 22.7. The first-order valence-corrected chi connectivity index (χ1v) is 5.39. The molecule has 1 aliphatic rings. The molecule has 5 nitrogen and oxygen atoms in total. The number of rotatable bonds is 5. The molecule has 0 aliphatic carbocycles. The zero-order chi connectivity index (χ0) is 11.1. The van der Waals surface area contributed by atoms with Crippen LogP contribution in [0.15, 0.2) is 0 Å². The Morgan fingerprint density at radius 3 is 3.13 bits per heavy atom. The van der Waals surface area contributed by atoms with Crippen LogP contribution in [0.2, 0.25) is 0 Å². The van der Waals surface area contributed by atoms with Gasteiger partial charge in [0.15, 0.2) is 0 Å². The van der Waals surface area contributed by atoms with Crippen molar-refractivity contribution in [3.05, 3.63) is 0 Å². The van der Waals surface area contributed by atoms with Crippen molar-refractivity contribution >= 4 is 5.91 Å². The van der Waals surface area contributed by atoms with E-state index in [1.807, 2.05) is 0 Å². The predicted octanol–water partition coefficient (Wildman–Crippen LogP) is -0.794. The second-order valence-electron chi connectivity index (χ2n) is 3.81. The van der Waals surface area contributed by atoms with Crippen molar-refractivity contribution < 1.29 is 14.6 Å². The van der Waals surface area contributed by atoms with Gasteiger partial charge in [0, 0.05) is 20.2 Å². The number of piperidine rings is 1. The minimum absolute atomic E-state index is 0.00750. The Morgan fingerprint density at radius 1 is 1.67 bits per heavy atom. The minimum atomic E-state index is -0.0270. The van der Waals surface area contributed by atoms with E-state index in [1.165, 1.54) is 0 Å². The second kappa shape index (κ2) is 6.76. The summed E-state index contributed by atoms with van der Waals surface area (Å²) in [6.07, 6.45) is 2.40. The number of nitrogens with zero attached hydrogens (tertiary/aromatic N) is 1. The highest BCUT2D eigenvalue weighted by Gasteiger charge is 2.20. The summed E-state index contributed by atoms with van der Waals surface area (Å²) < 4.78 is 5.27. The maximum Gasteiger partial charge on any atom is 0.234 e. The molecule has 0 radical (unpaired) electrons. The van der Waals surface area contributed by atoms with Crippen molar-refractivity contribution in [2.24, 2.45) is 0 Å². The van der Waals surface area contributed by atoms with Crippen molar-refractivity contribution in [3.8, 4) is 0 Å². The number of hydrogen-bond donors (Lipinski definition) is 2. The van der Waals surface area contributed by atoms with Gasteiger partial charge in [-0.3, -0.25) is 9.69 Å². The van der Waals surface area contributed by atoms with Crippen LogP contribution in [0.3, 0.4) is 0 Å². The van der Waals surface area contributed by atoms with Gasteiger partial charge in [-0.25, -0.2) is 0 Å². The second-order valence-corrected chi connectivity index (χ2v) is 3.81. The SMILES string of the molecule is COC1CCCN(CC(=O)NCCO)C1. The minimum Gasteiger partial charge on any atom is -0.395 e. The maximum absolute atomic E-state index is 11.4. The van der Waals surface area contributed by atoms with Crippen LogP contribution in [0.5, 0.6) is 0 Å². The molecule has 0 bridgehead atoms. The number of likely N-dealkylation sites (tertiary alicyclic amines) is 1. The molecular formula is C10H20N2O3. The first-order valence-electron chi connectivity index (χ1n) is 5.39. The molecule has 1 atom stereocenters. The lowest BCUT2D eigenvalue weighted by atomic mass is 10.1. The number of nitrogens with one attached hydrogen (secondary N) is 1. The number of aliphatic hydroxyl groups excluding tert-OH is 1. The lowest BCUT2D eigenvalue weighted by Gasteiger charge is -2.31. The topological polar surface area (TPSA) is 61.8 Å². The third-order valence-corrected chi connectivity index (χ3v) is 2.60. The van der Waals surface area contributed by atoms with E-state index in [1.54, 1.807) is 7.11 Å². The molecule has 2 N–H and O–H groups in total. The smallest absolute Gasteiger partial charge is 0.234 e. The van der Waals surface area contributed by atoms with E-state index < -0.39 is 0 Å². The largest absolute Gasteiger partial charge is 0.395 e. The van der Waals surface area contributed by atoms with Gasteiger partial charge < -0.3 is 15.2 Å². The van der Waals surface area contributed by atoms with E-state index in [2.05, 4.69) is 10.2 Å². The number of hydrogen-bond acceptors (Lipinski definition) is 4. The highest BCUT2D eigenvalue weighted by atomic mass is 16.5. The average molecular weight is 216 g/mol. The Labute approximate surface area is 90.4 Å². The Balaban J connectivity index is 2.22. The van der Waals surface area contributed by atoms with E-state index in [9.17, 15) is 4.79 Å². The van der Waals surface area contributed by atoms with Gasteiger partial charge in [0.1, 0.15) is 0 Å². The van der Waals surface area contributed by atoms with E-state index in [0.717, 1.165) is 25.9 Å². The molecule has 1 unspecified atom stereocenters. The van der Waals surface area contributed by atoms with Gasteiger partial charge in [-0.1, -0.05) is 0 Å². The van der Waals surface area contributed by atoms with Crippen LogP contribution in [0.1, 0.15) is 12.8 Å². The number of methoxy groups -OCH3 is 1. The van der Waals surface area contributed by atoms with Crippen LogP contribution < -0.4 is 5.32 Å². The van der Waals surface area contributed by atoms with Gasteiger partial charge in [0.05, 0.1) is 19.3 Å². The summed E-state index contributed by atoms with van der Waals surface area (Å²) in [6.45, 7) is 2.50. The Hall–Kier alpha value is -0.650. The number of amides is 1. The highest BCUT2D eigenvalue weighted by molar-refractivity contribution is 5.77. The summed E-state index contributed by atoms with van der Waals surface area (Å²) in [5, 5.41) is 11.2. The number of carbonyl (C=O) groups excluding carboxylic acids is 1. The molecule has 1 fully saturated rings. The first kappa shape index (κ1) is 12.4. The molecular weight excluding hydrogens is 196 g/mol. The van der Waals surface area contributed by atoms with E-state index in [0.29, 0.717) is 13.1 Å². The Morgan fingerprint density at radius 2 is 2.47 bits per heavy atom. The van der Waals surface area contributed by atoms with E-state index in [4.69, 9.17) is 9.84 Å².